The van der Waals surface area contributed by atoms with Gasteiger partial charge in [-0.15, -0.1) is 0 Å². The van der Waals surface area contributed by atoms with Crippen LogP contribution in [-0.4, -0.2) is 4.98 Å². The van der Waals surface area contributed by atoms with Crippen molar-refractivity contribution in [2.24, 2.45) is 0 Å². The average molecular weight is 283 g/mol. The Morgan fingerprint density at radius 1 is 0.762 bits per heavy atom. The Kier molecular flexibility index (Phi) is 7.14. The Labute approximate surface area is 129 Å². The van der Waals surface area contributed by atoms with Gasteiger partial charge in [-0.25, -0.2) is 0 Å². The summed E-state index contributed by atoms with van der Waals surface area (Å²) in [6.07, 6.45) is 14.4. The topological polar surface area (TPSA) is 15.8 Å². The molecule has 0 aliphatic heterocycles. The van der Waals surface area contributed by atoms with E-state index in [0.717, 1.165) is 0 Å². The second-order valence-corrected chi connectivity index (χ2v) is 5.97. The molecule has 0 fully saturated rings. The molecule has 1 heterocycles. The number of benzene rings is 1. The number of aromatic amines is 1. The smallest absolute Gasteiger partial charge is 0.0486 e. The zero-order valence-corrected chi connectivity index (χ0v) is 13.4. The molecule has 0 amide bonds. The fourth-order valence-electron chi connectivity index (χ4n) is 2.93. The predicted molar refractivity (Wildman–Crippen MR) is 92.5 cm³/mol. The van der Waals surface area contributed by atoms with Crippen LogP contribution in [0.5, 0.6) is 0 Å². The van der Waals surface area contributed by atoms with Gasteiger partial charge < -0.3 is 4.98 Å². The van der Waals surface area contributed by atoms with Gasteiger partial charge in [-0.2, -0.15) is 0 Å². The summed E-state index contributed by atoms with van der Waals surface area (Å²) in [5, 5.41) is 0. The van der Waals surface area contributed by atoms with Gasteiger partial charge in [0.2, 0.25) is 0 Å². The molecule has 0 atom stereocenters. The van der Waals surface area contributed by atoms with E-state index in [9.17, 15) is 0 Å². The Hall–Kier alpha value is -1.50. The van der Waals surface area contributed by atoms with Crippen molar-refractivity contribution in [3.63, 3.8) is 0 Å². The quantitative estimate of drug-likeness (QED) is 0.488. The molecule has 114 valence electrons. The van der Waals surface area contributed by atoms with Gasteiger partial charge in [-0.05, 0) is 30.0 Å². The molecule has 0 bridgehead atoms. The third-order valence-corrected chi connectivity index (χ3v) is 4.20. The molecule has 2 aromatic rings. The third-order valence-electron chi connectivity index (χ3n) is 4.20. The van der Waals surface area contributed by atoms with Gasteiger partial charge in [0.15, 0.2) is 0 Å². The lowest BCUT2D eigenvalue weighted by Crippen LogP contribution is -1.88. The zero-order chi connectivity index (χ0) is 14.8. The largest absolute Gasteiger partial charge is 0.361 e. The highest BCUT2D eigenvalue weighted by Crippen LogP contribution is 2.23. The molecule has 1 heteroatoms. The van der Waals surface area contributed by atoms with Crippen molar-refractivity contribution >= 4 is 0 Å². The first kappa shape index (κ1) is 15.9. The van der Waals surface area contributed by atoms with Crippen LogP contribution in [0.25, 0.3) is 11.3 Å². The van der Waals surface area contributed by atoms with E-state index >= 15 is 0 Å². The maximum absolute atomic E-state index is 3.40. The number of rotatable bonds is 10. The molecule has 0 saturated carbocycles. The normalized spacial score (nSPS) is 10.9. The van der Waals surface area contributed by atoms with E-state index in [1.165, 1.54) is 74.6 Å². The standard InChI is InChI=1S/C20H29N/c1-2-3-4-5-6-7-8-10-15-19-16-17-21-20(19)18-13-11-9-12-14-18/h9,11-14,16-17,21H,2-8,10,15H2,1H3. The molecule has 0 unspecified atom stereocenters. The lowest BCUT2D eigenvalue weighted by Gasteiger charge is -2.05. The van der Waals surface area contributed by atoms with E-state index in [-0.39, 0.29) is 0 Å². The van der Waals surface area contributed by atoms with Crippen molar-refractivity contribution in [2.45, 2.75) is 64.7 Å². The molecule has 0 radical (unpaired) electrons. The van der Waals surface area contributed by atoms with Gasteiger partial charge in [-0.3, -0.25) is 0 Å². The van der Waals surface area contributed by atoms with Gasteiger partial charge in [0.25, 0.3) is 0 Å². The van der Waals surface area contributed by atoms with Gasteiger partial charge >= 0.3 is 0 Å². The van der Waals surface area contributed by atoms with Crippen LogP contribution in [0, 0.1) is 0 Å². The highest BCUT2D eigenvalue weighted by atomic mass is 14.7. The number of nitrogens with one attached hydrogen (secondary N) is 1. The number of hydrogen-bond donors (Lipinski definition) is 1. The molecule has 0 spiro atoms. The summed E-state index contributed by atoms with van der Waals surface area (Å²) in [5.74, 6) is 0. The monoisotopic (exact) mass is 283 g/mol. The summed E-state index contributed by atoms with van der Waals surface area (Å²) in [6.45, 7) is 2.28. The maximum atomic E-state index is 3.40. The predicted octanol–water partition coefficient (Wildman–Crippen LogP) is 6.36. The first-order chi connectivity index (χ1) is 10.4. The van der Waals surface area contributed by atoms with E-state index in [1.54, 1.807) is 0 Å². The minimum Gasteiger partial charge on any atom is -0.361 e. The van der Waals surface area contributed by atoms with Gasteiger partial charge in [-0.1, -0.05) is 82.2 Å². The Morgan fingerprint density at radius 2 is 1.43 bits per heavy atom. The lowest BCUT2D eigenvalue weighted by atomic mass is 10.0. The molecular weight excluding hydrogens is 254 g/mol. The summed E-state index contributed by atoms with van der Waals surface area (Å²) >= 11 is 0. The van der Waals surface area contributed by atoms with E-state index in [4.69, 9.17) is 0 Å². The van der Waals surface area contributed by atoms with Crippen molar-refractivity contribution in [1.29, 1.82) is 0 Å². The fraction of sp³-hybridized carbons (Fsp3) is 0.500. The number of aryl methyl sites for hydroxylation is 1. The van der Waals surface area contributed by atoms with Gasteiger partial charge in [0, 0.05) is 11.9 Å². The molecule has 1 aromatic heterocycles. The zero-order valence-electron chi connectivity index (χ0n) is 13.4. The summed E-state index contributed by atoms with van der Waals surface area (Å²) in [6, 6.07) is 12.9. The summed E-state index contributed by atoms with van der Waals surface area (Å²) in [7, 11) is 0. The number of H-pyrrole nitrogens is 1. The molecular formula is C20H29N. The highest BCUT2D eigenvalue weighted by molar-refractivity contribution is 5.63. The SMILES string of the molecule is CCCCCCCCCCc1cc[nH]c1-c1ccccc1. The Morgan fingerprint density at radius 3 is 2.14 bits per heavy atom. The van der Waals surface area contributed by atoms with Crippen LogP contribution in [-0.2, 0) is 6.42 Å². The lowest BCUT2D eigenvalue weighted by molar-refractivity contribution is 0.576. The van der Waals surface area contributed by atoms with Crippen LogP contribution in [0.4, 0.5) is 0 Å². The molecule has 1 nitrogen and oxygen atoms in total. The number of hydrogen-bond acceptors (Lipinski definition) is 0. The second kappa shape index (κ2) is 9.44. The highest BCUT2D eigenvalue weighted by Gasteiger charge is 2.05. The molecule has 21 heavy (non-hydrogen) atoms. The van der Waals surface area contributed by atoms with Crippen LogP contribution in [0.2, 0.25) is 0 Å². The van der Waals surface area contributed by atoms with E-state index in [1.807, 2.05) is 0 Å². The van der Waals surface area contributed by atoms with Crippen LogP contribution in [0.15, 0.2) is 42.6 Å². The Bertz CT molecular complexity index is 484. The average Bonchev–Trinajstić information content (AvgIpc) is 2.99. The minimum atomic E-state index is 1.20. The van der Waals surface area contributed by atoms with Crippen LogP contribution < -0.4 is 0 Å². The first-order valence-corrected chi connectivity index (χ1v) is 8.63. The van der Waals surface area contributed by atoms with E-state index < -0.39 is 0 Å². The summed E-state index contributed by atoms with van der Waals surface area (Å²) in [5.41, 5.74) is 4.07. The second-order valence-electron chi connectivity index (χ2n) is 5.97. The van der Waals surface area contributed by atoms with Crippen LogP contribution in [0.3, 0.4) is 0 Å². The minimum absolute atomic E-state index is 1.20. The van der Waals surface area contributed by atoms with Crippen LogP contribution >= 0.6 is 0 Å². The summed E-state index contributed by atoms with van der Waals surface area (Å²) in [4.78, 5) is 3.40. The maximum Gasteiger partial charge on any atom is 0.0486 e. The number of unbranched alkanes of at least 4 members (excludes halogenated alkanes) is 7. The molecule has 1 aromatic carbocycles. The van der Waals surface area contributed by atoms with Crippen LogP contribution in [0.1, 0.15) is 63.9 Å². The molecule has 2 rings (SSSR count). The van der Waals surface area contributed by atoms with Crippen molar-refractivity contribution in [3.8, 4) is 11.3 Å². The number of aromatic nitrogens is 1. The van der Waals surface area contributed by atoms with Crippen molar-refractivity contribution in [2.75, 3.05) is 0 Å². The summed E-state index contributed by atoms with van der Waals surface area (Å²) < 4.78 is 0. The third kappa shape index (κ3) is 5.41. The first-order valence-electron chi connectivity index (χ1n) is 8.63. The van der Waals surface area contributed by atoms with E-state index in [0.29, 0.717) is 0 Å². The molecule has 1 N–H and O–H groups in total. The van der Waals surface area contributed by atoms with E-state index in [2.05, 4.69) is 54.5 Å². The van der Waals surface area contributed by atoms with Gasteiger partial charge in [0.05, 0.1) is 0 Å². The fourth-order valence-corrected chi connectivity index (χ4v) is 2.93. The van der Waals surface area contributed by atoms with Crippen molar-refractivity contribution in [1.82, 2.24) is 4.98 Å². The van der Waals surface area contributed by atoms with Crippen molar-refractivity contribution in [3.05, 3.63) is 48.2 Å². The van der Waals surface area contributed by atoms with Gasteiger partial charge in [0.1, 0.15) is 0 Å². The van der Waals surface area contributed by atoms with Crippen molar-refractivity contribution < 1.29 is 0 Å². The Balaban J connectivity index is 1.69. The molecule has 0 aliphatic rings. The molecule has 0 saturated heterocycles. The molecule has 0 aliphatic carbocycles.